The van der Waals surface area contributed by atoms with Crippen LogP contribution >= 0.6 is 35.8 Å². The van der Waals surface area contributed by atoms with Crippen molar-refractivity contribution < 1.29 is 39.5 Å². The Hall–Kier alpha value is -3.89. The van der Waals surface area contributed by atoms with Crippen molar-refractivity contribution >= 4 is 78.5 Å². The summed E-state index contributed by atoms with van der Waals surface area (Å²) in [6, 6.07) is 26.1. The van der Waals surface area contributed by atoms with Gasteiger partial charge in [0.25, 0.3) is 25.8 Å². The lowest BCUT2D eigenvalue weighted by Gasteiger charge is -2.48. The number of amides is 1. The molecule has 1 amide bonds. The Labute approximate surface area is 468 Å². The molecule has 0 bridgehead atoms. The lowest BCUT2D eigenvalue weighted by Crippen LogP contribution is -2.49. The fourth-order valence-electron chi connectivity index (χ4n) is 11.7. The van der Waals surface area contributed by atoms with Crippen LogP contribution in [0.4, 0.5) is 24.5 Å². The molecule has 420 valence electrons. The SMILES string of the molecule is CC1(CN2CCC3(CCNCC3)CC2)CCC(c2ccc(Cl)cc2)=C(CN2CCN(c3ccc(C(=O)NS(=O)(=O)c4ccc(N[C@H](CCN5CCOCC5)CSc5ccccc5)c(S(=O)(=O)C(F)(F)F)c4)cc3)CC2)C1.Cl. The predicted octanol–water partition coefficient (Wildman–Crippen LogP) is 9.70. The molecule has 2 atom stereocenters. The Morgan fingerprint density at radius 1 is 0.805 bits per heavy atom. The van der Waals surface area contributed by atoms with Gasteiger partial charge in [0.15, 0.2) is 0 Å². The highest BCUT2D eigenvalue weighted by molar-refractivity contribution is 7.99. The van der Waals surface area contributed by atoms with Crippen LogP contribution in [-0.4, -0.2) is 153 Å². The lowest BCUT2D eigenvalue weighted by atomic mass is 9.69. The molecule has 3 N–H and O–H groups in total. The van der Waals surface area contributed by atoms with E-state index in [2.05, 4.69) is 49.3 Å². The summed E-state index contributed by atoms with van der Waals surface area (Å²) >= 11 is 7.79. The van der Waals surface area contributed by atoms with Crippen molar-refractivity contribution in [3.8, 4) is 0 Å². The largest absolute Gasteiger partial charge is 0.501 e. The van der Waals surface area contributed by atoms with Crippen LogP contribution in [0.1, 0.15) is 74.2 Å². The van der Waals surface area contributed by atoms with Crippen LogP contribution in [0.5, 0.6) is 0 Å². The third kappa shape index (κ3) is 15.1. The zero-order valence-corrected chi connectivity index (χ0v) is 47.7. The fourth-order valence-corrected chi connectivity index (χ4v) is 14.9. The number of halogens is 5. The van der Waals surface area contributed by atoms with E-state index in [0.717, 1.165) is 99.4 Å². The molecule has 4 heterocycles. The maximum absolute atomic E-state index is 14.3. The number of sulfone groups is 1. The summed E-state index contributed by atoms with van der Waals surface area (Å²) in [5.74, 6) is -0.649. The average molecular weight is 1160 g/mol. The van der Waals surface area contributed by atoms with Gasteiger partial charge in [0.05, 0.1) is 23.8 Å². The van der Waals surface area contributed by atoms with Gasteiger partial charge in [0.2, 0.25) is 0 Å². The van der Waals surface area contributed by atoms with Crippen LogP contribution in [0.25, 0.3) is 5.57 Å². The van der Waals surface area contributed by atoms with Crippen LogP contribution in [0.2, 0.25) is 5.02 Å². The molecule has 21 heteroatoms. The predicted molar refractivity (Wildman–Crippen MR) is 304 cm³/mol. The van der Waals surface area contributed by atoms with Gasteiger partial charge in [-0.15, -0.1) is 24.2 Å². The topological polar surface area (TPSA) is 144 Å². The summed E-state index contributed by atoms with van der Waals surface area (Å²) in [5, 5.41) is 7.28. The number of carbonyl (C=O) groups is 1. The third-order valence-corrected chi connectivity index (χ3v) is 20.5. The number of thioether (sulfide) groups is 1. The molecule has 0 radical (unpaired) electrons. The highest BCUT2D eigenvalue weighted by atomic mass is 35.5. The van der Waals surface area contributed by atoms with E-state index in [-0.39, 0.29) is 23.4 Å². The number of piperazine rings is 1. The van der Waals surface area contributed by atoms with Crippen LogP contribution < -0.4 is 20.3 Å². The minimum atomic E-state index is -6.07. The molecular formula is C56H72Cl2F3N7O6S3. The third-order valence-electron chi connectivity index (χ3n) is 16.2. The highest BCUT2D eigenvalue weighted by Crippen LogP contribution is 2.46. The number of carbonyl (C=O) groups excluding carboxylic acids is 1. The van der Waals surface area contributed by atoms with E-state index >= 15 is 0 Å². The first-order valence-electron chi connectivity index (χ1n) is 26.6. The molecule has 4 aliphatic heterocycles. The van der Waals surface area contributed by atoms with Gasteiger partial charge in [-0.25, -0.2) is 21.6 Å². The number of nitrogens with one attached hydrogen (secondary N) is 3. The molecule has 77 heavy (non-hydrogen) atoms. The van der Waals surface area contributed by atoms with Gasteiger partial charge in [-0.3, -0.25) is 14.6 Å². The number of rotatable bonds is 18. The first-order chi connectivity index (χ1) is 36.4. The second-order valence-electron chi connectivity index (χ2n) is 21.7. The van der Waals surface area contributed by atoms with Crippen LogP contribution in [0, 0.1) is 10.8 Å². The van der Waals surface area contributed by atoms with E-state index in [0.29, 0.717) is 56.5 Å². The number of anilines is 2. The second-order valence-corrected chi connectivity index (χ2v) is 26.8. The van der Waals surface area contributed by atoms with Crippen LogP contribution in [0.15, 0.2) is 117 Å². The summed E-state index contributed by atoms with van der Waals surface area (Å²) in [4.78, 5) is 22.0. The van der Waals surface area contributed by atoms with Crippen molar-refractivity contribution in [1.82, 2.24) is 24.7 Å². The van der Waals surface area contributed by atoms with Gasteiger partial charge >= 0.3 is 5.51 Å². The molecule has 0 aromatic heterocycles. The van der Waals surface area contributed by atoms with Crippen LogP contribution in [-0.2, 0) is 24.6 Å². The van der Waals surface area contributed by atoms with Crippen molar-refractivity contribution in [1.29, 1.82) is 0 Å². The van der Waals surface area contributed by atoms with E-state index in [4.69, 9.17) is 16.3 Å². The van der Waals surface area contributed by atoms with Crippen LogP contribution in [0.3, 0.4) is 0 Å². The zero-order valence-electron chi connectivity index (χ0n) is 43.7. The summed E-state index contributed by atoms with van der Waals surface area (Å²) < 4.78 is 104. The fraction of sp³-hybridized carbons (Fsp3) is 0.518. The number of alkyl halides is 3. The Kier molecular flexibility index (Phi) is 19.8. The van der Waals surface area contributed by atoms with Gasteiger partial charge < -0.3 is 25.2 Å². The molecule has 4 fully saturated rings. The van der Waals surface area contributed by atoms with Gasteiger partial charge in [-0.1, -0.05) is 54.4 Å². The van der Waals surface area contributed by atoms with Crippen molar-refractivity contribution in [2.75, 3.05) is 114 Å². The standard InChI is InChI=1S/C56H71ClF3N7O6S3.ClH/c1-54(41-66-27-22-55(23-28-66)20-24-61-25-21-55)19-17-50(42-7-11-45(57)12-8-42)44(38-54)39-65-29-31-67(32-30-65)47-13-9-43(10-14-47)53(68)63-76(71,72)49-15-16-51(52(37-49)75(69,70)56(58,59)60)62-46(18-26-64-33-35-73-36-34-64)40-74-48-5-3-2-4-6-48;/h2-16,37,46,61-62H,17-36,38-41H2,1H3,(H,63,68);1H/t46-,54?;/m1./s1. The Balaban J connectivity index is 0.00000784. The molecule has 0 saturated carbocycles. The molecule has 9 rings (SSSR count). The average Bonchev–Trinajstić information content (AvgIpc) is 3.44. The molecule has 4 aromatic carbocycles. The number of nitrogens with zero attached hydrogens (tertiary/aromatic N) is 4. The number of piperidine rings is 2. The number of benzene rings is 4. The van der Waals surface area contributed by atoms with E-state index < -0.39 is 52.8 Å². The first-order valence-corrected chi connectivity index (χ1v) is 30.9. The Morgan fingerprint density at radius 3 is 2.14 bits per heavy atom. The number of hydrogen-bond acceptors (Lipinski definition) is 13. The number of allylic oxidation sites excluding steroid dienone is 1. The van der Waals surface area contributed by atoms with Crippen molar-refractivity contribution in [2.45, 2.75) is 84.5 Å². The molecule has 4 aromatic rings. The molecule has 4 saturated heterocycles. The molecule has 5 aliphatic rings. The normalized spacial score (nSPS) is 21.6. The monoisotopic (exact) mass is 1160 g/mol. The van der Waals surface area contributed by atoms with Gasteiger partial charge in [0, 0.05) is 91.9 Å². The van der Waals surface area contributed by atoms with Crippen molar-refractivity contribution in [3.05, 3.63) is 119 Å². The van der Waals surface area contributed by atoms with Gasteiger partial charge in [0.1, 0.15) is 4.90 Å². The number of ether oxygens (including phenoxy) is 1. The minimum Gasteiger partial charge on any atom is -0.380 e. The van der Waals surface area contributed by atoms with Crippen molar-refractivity contribution in [2.24, 2.45) is 10.8 Å². The highest BCUT2D eigenvalue weighted by Gasteiger charge is 2.49. The summed E-state index contributed by atoms with van der Waals surface area (Å²) in [5.41, 5.74) is -0.440. The van der Waals surface area contributed by atoms with E-state index in [1.54, 1.807) is 12.1 Å². The first kappa shape index (κ1) is 59.2. The quantitative estimate of drug-likeness (QED) is 0.0815. The number of hydrogen-bond donors (Lipinski definition) is 3. The summed E-state index contributed by atoms with van der Waals surface area (Å²) in [7, 11) is -10.9. The number of morpholine rings is 1. The lowest BCUT2D eigenvalue weighted by molar-refractivity contribution is -0.0435. The van der Waals surface area contributed by atoms with Crippen molar-refractivity contribution in [3.63, 3.8) is 0 Å². The molecule has 1 aliphatic carbocycles. The maximum atomic E-state index is 14.3. The number of sulfonamides is 1. The summed E-state index contributed by atoms with van der Waals surface area (Å²) in [6.07, 6.45) is 8.81. The maximum Gasteiger partial charge on any atom is 0.501 e. The van der Waals surface area contributed by atoms with E-state index in [1.165, 1.54) is 79.4 Å². The summed E-state index contributed by atoms with van der Waals surface area (Å²) in [6.45, 7) is 15.2. The Morgan fingerprint density at radius 2 is 1.48 bits per heavy atom. The second kappa shape index (κ2) is 25.7. The molecule has 1 unspecified atom stereocenters. The molecule has 1 spiro atoms. The number of likely N-dealkylation sites (tertiary alicyclic amines) is 1. The smallest absolute Gasteiger partial charge is 0.380 e. The van der Waals surface area contributed by atoms with E-state index in [9.17, 15) is 34.8 Å². The molecule has 13 nitrogen and oxygen atoms in total. The molecular weight excluding hydrogens is 1090 g/mol. The zero-order chi connectivity index (χ0) is 53.6. The van der Waals surface area contributed by atoms with Gasteiger partial charge in [-0.05, 0) is 166 Å². The minimum absolute atomic E-state index is 0. The van der Waals surface area contributed by atoms with E-state index in [1.807, 2.05) is 47.2 Å². The Bertz CT molecular complexity index is 2880. The van der Waals surface area contributed by atoms with Gasteiger partial charge in [-0.2, -0.15) is 13.2 Å².